The van der Waals surface area contributed by atoms with Crippen LogP contribution in [0.1, 0.15) is 19.3 Å². The topological polar surface area (TPSA) is 66.5 Å². The lowest BCUT2D eigenvalue weighted by atomic mass is 10.2. The van der Waals surface area contributed by atoms with Crippen molar-refractivity contribution in [1.82, 2.24) is 10.3 Å². The predicted molar refractivity (Wildman–Crippen MR) is 96.0 cm³/mol. The molecule has 2 saturated heterocycles. The van der Waals surface area contributed by atoms with Gasteiger partial charge in [0.2, 0.25) is 5.91 Å². The minimum absolute atomic E-state index is 0. The van der Waals surface area contributed by atoms with E-state index in [0.717, 1.165) is 37.7 Å². The molecule has 2 aliphatic rings. The fourth-order valence-electron chi connectivity index (χ4n) is 2.76. The summed E-state index contributed by atoms with van der Waals surface area (Å²) < 4.78 is 5.53. The minimum atomic E-state index is -0.0319. The van der Waals surface area contributed by atoms with E-state index in [4.69, 9.17) is 4.74 Å². The Kier molecular flexibility index (Phi) is 8.62. The third-order valence-electron chi connectivity index (χ3n) is 3.88. The molecule has 0 radical (unpaired) electrons. The number of amides is 1. The smallest absolute Gasteiger partial charge is 0.227 e. The molecular formula is C15H24Cl2N4O2. The maximum Gasteiger partial charge on any atom is 0.227 e. The number of halogens is 2. The summed E-state index contributed by atoms with van der Waals surface area (Å²) in [5.74, 6) is 0.963. The molecule has 0 spiro atoms. The lowest BCUT2D eigenvalue weighted by molar-refractivity contribution is -0.119. The average Bonchev–Trinajstić information content (AvgIpc) is 3.03. The van der Waals surface area contributed by atoms with Gasteiger partial charge in [0.1, 0.15) is 5.82 Å². The Labute approximate surface area is 149 Å². The van der Waals surface area contributed by atoms with E-state index in [1.807, 2.05) is 12.1 Å². The van der Waals surface area contributed by atoms with Crippen LogP contribution < -0.4 is 15.5 Å². The third-order valence-corrected chi connectivity index (χ3v) is 3.88. The van der Waals surface area contributed by atoms with Crippen LogP contribution in [0, 0.1) is 0 Å². The Hall–Kier alpha value is -1.08. The van der Waals surface area contributed by atoms with Gasteiger partial charge in [-0.15, -0.1) is 24.8 Å². The molecular weight excluding hydrogens is 339 g/mol. The Morgan fingerprint density at radius 2 is 2.13 bits per heavy atom. The highest BCUT2D eigenvalue weighted by atomic mass is 35.5. The van der Waals surface area contributed by atoms with Gasteiger partial charge in [0.05, 0.1) is 31.0 Å². The lowest BCUT2D eigenvalue weighted by Crippen LogP contribution is -2.40. The van der Waals surface area contributed by atoms with Gasteiger partial charge < -0.3 is 20.3 Å². The zero-order valence-electron chi connectivity index (χ0n) is 13.0. The fourth-order valence-corrected chi connectivity index (χ4v) is 2.76. The first-order valence-electron chi connectivity index (χ1n) is 7.64. The van der Waals surface area contributed by atoms with E-state index < -0.39 is 0 Å². The quantitative estimate of drug-likeness (QED) is 0.855. The van der Waals surface area contributed by atoms with Crippen molar-refractivity contribution in [3.05, 3.63) is 18.3 Å². The van der Waals surface area contributed by atoms with Crippen molar-refractivity contribution in [3.63, 3.8) is 0 Å². The van der Waals surface area contributed by atoms with Gasteiger partial charge >= 0.3 is 0 Å². The van der Waals surface area contributed by atoms with Crippen molar-refractivity contribution >= 4 is 42.2 Å². The van der Waals surface area contributed by atoms with Crippen LogP contribution in [0.5, 0.6) is 0 Å². The molecule has 0 aliphatic carbocycles. The molecule has 0 aromatic carbocycles. The van der Waals surface area contributed by atoms with E-state index in [1.165, 1.54) is 12.8 Å². The molecule has 1 atom stereocenters. The van der Waals surface area contributed by atoms with Crippen LogP contribution in [-0.4, -0.2) is 49.8 Å². The van der Waals surface area contributed by atoms with E-state index >= 15 is 0 Å². The highest BCUT2D eigenvalue weighted by molar-refractivity contribution is 5.91. The number of nitrogens with zero attached hydrogens (tertiary/aromatic N) is 2. The summed E-state index contributed by atoms with van der Waals surface area (Å²) in [4.78, 5) is 18.7. The molecule has 6 nitrogen and oxygen atoms in total. The number of anilines is 2. The number of nitrogens with one attached hydrogen (secondary N) is 2. The van der Waals surface area contributed by atoms with Crippen LogP contribution in [0.4, 0.5) is 11.5 Å². The number of pyridine rings is 1. The number of carbonyl (C=O) groups is 1. The van der Waals surface area contributed by atoms with Gasteiger partial charge in [-0.3, -0.25) is 4.79 Å². The van der Waals surface area contributed by atoms with Gasteiger partial charge in [-0.25, -0.2) is 4.98 Å². The maximum atomic E-state index is 12.0. The van der Waals surface area contributed by atoms with Gasteiger partial charge in [0.25, 0.3) is 0 Å². The molecule has 130 valence electrons. The fraction of sp³-hybridized carbons (Fsp3) is 0.600. The highest BCUT2D eigenvalue weighted by Gasteiger charge is 2.18. The third kappa shape index (κ3) is 5.80. The summed E-state index contributed by atoms with van der Waals surface area (Å²) in [7, 11) is 0. The van der Waals surface area contributed by atoms with Crippen LogP contribution in [0.15, 0.2) is 18.3 Å². The number of ether oxygens (including phenoxy) is 1. The number of morpholine rings is 1. The molecule has 8 heteroatoms. The summed E-state index contributed by atoms with van der Waals surface area (Å²) >= 11 is 0. The second kappa shape index (κ2) is 9.93. The molecule has 0 bridgehead atoms. The number of hydrogen-bond donors (Lipinski definition) is 2. The Bertz CT molecular complexity index is 475. The first kappa shape index (κ1) is 20.0. The average molecular weight is 363 g/mol. The molecule has 1 aromatic heterocycles. The molecule has 1 aromatic rings. The van der Waals surface area contributed by atoms with Crippen molar-refractivity contribution in [2.45, 2.75) is 25.4 Å². The van der Waals surface area contributed by atoms with Crippen LogP contribution in [-0.2, 0) is 9.53 Å². The first-order chi connectivity index (χ1) is 10.3. The van der Waals surface area contributed by atoms with E-state index in [0.29, 0.717) is 13.0 Å². The van der Waals surface area contributed by atoms with E-state index in [1.54, 1.807) is 6.20 Å². The molecule has 23 heavy (non-hydrogen) atoms. The summed E-state index contributed by atoms with van der Waals surface area (Å²) in [5.41, 5.74) is 0.742. The summed E-state index contributed by atoms with van der Waals surface area (Å²) in [5, 5.41) is 6.10. The van der Waals surface area contributed by atoms with Gasteiger partial charge in [0.15, 0.2) is 0 Å². The molecule has 1 unspecified atom stereocenters. The Morgan fingerprint density at radius 1 is 1.35 bits per heavy atom. The summed E-state index contributed by atoms with van der Waals surface area (Å²) in [6, 6.07) is 3.89. The normalized spacial score (nSPS) is 20.3. The van der Waals surface area contributed by atoms with Crippen LogP contribution in [0.3, 0.4) is 0 Å². The Morgan fingerprint density at radius 3 is 2.74 bits per heavy atom. The SMILES string of the molecule is Cl.Cl.O=C(CC1CNCCO1)Nc1ccc(N2CCCC2)nc1. The standard InChI is InChI=1S/C15H22N4O2.2ClH/c20-15(9-13-11-16-5-8-21-13)18-12-3-4-14(17-10-12)19-6-1-2-7-19;;/h3-4,10,13,16H,1-2,5-9,11H2,(H,18,20);2*1H. The highest BCUT2D eigenvalue weighted by Crippen LogP contribution is 2.19. The number of rotatable bonds is 4. The molecule has 2 N–H and O–H groups in total. The van der Waals surface area contributed by atoms with Crippen LogP contribution in [0.25, 0.3) is 0 Å². The monoisotopic (exact) mass is 362 g/mol. The molecule has 0 saturated carbocycles. The number of hydrogen-bond acceptors (Lipinski definition) is 5. The molecule has 3 rings (SSSR count). The summed E-state index contributed by atoms with van der Waals surface area (Å²) in [6.07, 6.45) is 4.54. The molecule has 2 aliphatic heterocycles. The minimum Gasteiger partial charge on any atom is -0.375 e. The van der Waals surface area contributed by atoms with Crippen molar-refractivity contribution in [2.24, 2.45) is 0 Å². The first-order valence-corrected chi connectivity index (χ1v) is 7.64. The van der Waals surface area contributed by atoms with Gasteiger partial charge in [-0.05, 0) is 25.0 Å². The van der Waals surface area contributed by atoms with E-state index in [9.17, 15) is 4.79 Å². The maximum absolute atomic E-state index is 12.0. The van der Waals surface area contributed by atoms with Gasteiger partial charge in [0, 0.05) is 26.2 Å². The van der Waals surface area contributed by atoms with E-state index in [-0.39, 0.29) is 36.8 Å². The second-order valence-electron chi connectivity index (χ2n) is 5.55. The van der Waals surface area contributed by atoms with Crippen LogP contribution in [0.2, 0.25) is 0 Å². The lowest BCUT2D eigenvalue weighted by Gasteiger charge is -2.23. The number of carbonyl (C=O) groups excluding carboxylic acids is 1. The number of aromatic nitrogens is 1. The van der Waals surface area contributed by atoms with Crippen molar-refractivity contribution in [3.8, 4) is 0 Å². The van der Waals surface area contributed by atoms with Crippen molar-refractivity contribution in [2.75, 3.05) is 43.0 Å². The molecule has 2 fully saturated rings. The van der Waals surface area contributed by atoms with Crippen molar-refractivity contribution < 1.29 is 9.53 Å². The van der Waals surface area contributed by atoms with Crippen molar-refractivity contribution in [1.29, 1.82) is 0 Å². The largest absolute Gasteiger partial charge is 0.375 e. The van der Waals surface area contributed by atoms with Gasteiger partial charge in [-0.2, -0.15) is 0 Å². The second-order valence-corrected chi connectivity index (χ2v) is 5.55. The molecule has 3 heterocycles. The van der Waals surface area contributed by atoms with E-state index in [2.05, 4.69) is 20.5 Å². The molecule has 1 amide bonds. The zero-order valence-corrected chi connectivity index (χ0v) is 14.6. The summed E-state index contributed by atoms with van der Waals surface area (Å²) in [6.45, 7) is 4.42. The predicted octanol–water partition coefficient (Wildman–Crippen LogP) is 1.84. The Balaban J connectivity index is 0.00000132. The zero-order chi connectivity index (χ0) is 14.5. The van der Waals surface area contributed by atoms with Crippen LogP contribution >= 0.6 is 24.8 Å². The van der Waals surface area contributed by atoms with Gasteiger partial charge in [-0.1, -0.05) is 0 Å².